The van der Waals surface area contributed by atoms with E-state index in [1.807, 2.05) is 0 Å². The van der Waals surface area contributed by atoms with Crippen molar-refractivity contribution in [2.24, 2.45) is 0 Å². The quantitative estimate of drug-likeness (QED) is 0.580. The topological polar surface area (TPSA) is 33.2 Å². The van der Waals surface area contributed by atoms with Crippen LogP contribution in [-0.2, 0) is 0 Å². The molecule has 0 aliphatic carbocycles. The summed E-state index contributed by atoms with van der Waals surface area (Å²) in [5.74, 6) is -0.0944. The Balaban J connectivity index is 2.23. The lowest BCUT2D eigenvalue weighted by molar-refractivity contribution is 0.0769. The summed E-state index contributed by atoms with van der Waals surface area (Å²) in [6.07, 6.45) is 4.36. The molecule has 1 aliphatic rings. The summed E-state index contributed by atoms with van der Waals surface area (Å²) in [5.41, 5.74) is 1.73. The van der Waals surface area contributed by atoms with Crippen molar-refractivity contribution in [2.75, 3.05) is 13.1 Å². The van der Waals surface area contributed by atoms with Gasteiger partial charge >= 0.3 is 0 Å². The first-order chi connectivity index (χ1) is 8.08. The van der Waals surface area contributed by atoms with Crippen molar-refractivity contribution in [1.82, 2.24) is 9.88 Å². The molecule has 17 heavy (non-hydrogen) atoms. The van der Waals surface area contributed by atoms with Gasteiger partial charge in [0.25, 0.3) is 5.91 Å². The van der Waals surface area contributed by atoms with E-state index < -0.39 is 0 Å². The van der Waals surface area contributed by atoms with Crippen molar-refractivity contribution in [2.45, 2.75) is 13.3 Å². The van der Waals surface area contributed by atoms with Gasteiger partial charge in [0.1, 0.15) is 5.15 Å². The highest BCUT2D eigenvalue weighted by Crippen LogP contribution is 2.21. The summed E-state index contributed by atoms with van der Waals surface area (Å²) in [7, 11) is 0. The van der Waals surface area contributed by atoms with E-state index in [2.05, 4.69) is 18.0 Å². The van der Waals surface area contributed by atoms with E-state index in [4.69, 9.17) is 23.2 Å². The molecule has 0 aromatic carbocycles. The van der Waals surface area contributed by atoms with Crippen LogP contribution < -0.4 is 0 Å². The molecule has 0 spiro atoms. The van der Waals surface area contributed by atoms with Crippen LogP contribution >= 0.6 is 23.2 Å². The predicted octanol–water partition coefficient (Wildman–Crippen LogP) is 3.18. The van der Waals surface area contributed by atoms with Crippen molar-refractivity contribution >= 4 is 29.1 Å². The molecule has 0 N–H and O–H groups in total. The van der Waals surface area contributed by atoms with Crippen LogP contribution in [0.3, 0.4) is 0 Å². The van der Waals surface area contributed by atoms with E-state index in [-0.39, 0.29) is 11.1 Å². The number of carbonyl (C=O) groups excluding carboxylic acids is 1. The van der Waals surface area contributed by atoms with Crippen molar-refractivity contribution in [3.63, 3.8) is 0 Å². The highest BCUT2D eigenvalue weighted by molar-refractivity contribution is 6.35. The first-order valence-electron chi connectivity index (χ1n) is 5.34. The summed E-state index contributed by atoms with van der Waals surface area (Å²) >= 11 is 11.7. The third-order valence-corrected chi connectivity index (χ3v) is 3.28. The van der Waals surface area contributed by atoms with Crippen LogP contribution in [0.15, 0.2) is 23.9 Å². The molecule has 2 rings (SSSR count). The number of hydrogen-bond acceptors (Lipinski definition) is 2. The maximum atomic E-state index is 12.2. The summed E-state index contributed by atoms with van der Waals surface area (Å²) in [4.78, 5) is 17.8. The number of aromatic nitrogens is 1. The summed E-state index contributed by atoms with van der Waals surface area (Å²) < 4.78 is 0. The van der Waals surface area contributed by atoms with Gasteiger partial charge in [0.05, 0.1) is 10.6 Å². The Kier molecular flexibility index (Phi) is 3.69. The van der Waals surface area contributed by atoms with Crippen LogP contribution in [0.1, 0.15) is 23.7 Å². The lowest BCUT2D eigenvalue weighted by Gasteiger charge is -2.25. The fourth-order valence-electron chi connectivity index (χ4n) is 1.70. The van der Waals surface area contributed by atoms with E-state index in [1.165, 1.54) is 17.8 Å². The molecule has 0 saturated heterocycles. The smallest absolute Gasteiger partial charge is 0.255 e. The van der Waals surface area contributed by atoms with Gasteiger partial charge in [-0.1, -0.05) is 34.9 Å². The van der Waals surface area contributed by atoms with Gasteiger partial charge < -0.3 is 4.90 Å². The van der Waals surface area contributed by atoms with Crippen molar-refractivity contribution in [1.29, 1.82) is 0 Å². The molecule has 0 bridgehead atoms. The first-order valence-corrected chi connectivity index (χ1v) is 6.09. The van der Waals surface area contributed by atoms with Crippen LogP contribution in [0, 0.1) is 0 Å². The monoisotopic (exact) mass is 270 g/mol. The number of hydrogen-bond donors (Lipinski definition) is 0. The molecule has 0 radical (unpaired) electrons. The lowest BCUT2D eigenvalue weighted by Crippen LogP contribution is -2.34. The van der Waals surface area contributed by atoms with Gasteiger partial charge in [0.15, 0.2) is 0 Å². The lowest BCUT2D eigenvalue weighted by atomic mass is 10.1. The van der Waals surface area contributed by atoms with Crippen molar-refractivity contribution in [3.8, 4) is 0 Å². The highest BCUT2D eigenvalue weighted by Gasteiger charge is 2.20. The second-order valence-corrected chi connectivity index (χ2v) is 4.83. The van der Waals surface area contributed by atoms with Crippen LogP contribution in [0.25, 0.3) is 0 Å². The summed E-state index contributed by atoms with van der Waals surface area (Å²) in [5, 5.41) is 0.618. The molecule has 0 unspecified atom stereocenters. The highest BCUT2D eigenvalue weighted by atomic mass is 35.5. The number of rotatable bonds is 1. The molecular formula is C12H12Cl2N2O. The molecular weight excluding hydrogens is 259 g/mol. The van der Waals surface area contributed by atoms with Gasteiger partial charge in [-0.05, 0) is 19.4 Å². The molecule has 1 aromatic heterocycles. The maximum absolute atomic E-state index is 12.2. The molecule has 0 fully saturated rings. The number of amides is 1. The Bertz CT molecular complexity index is 485. The van der Waals surface area contributed by atoms with Gasteiger partial charge in [-0.2, -0.15) is 0 Å². The van der Waals surface area contributed by atoms with E-state index >= 15 is 0 Å². The van der Waals surface area contributed by atoms with Crippen LogP contribution in [0.4, 0.5) is 0 Å². The van der Waals surface area contributed by atoms with Gasteiger partial charge in [0.2, 0.25) is 0 Å². The predicted molar refractivity (Wildman–Crippen MR) is 68.5 cm³/mol. The zero-order chi connectivity index (χ0) is 12.4. The van der Waals surface area contributed by atoms with E-state index in [0.29, 0.717) is 17.1 Å². The van der Waals surface area contributed by atoms with Crippen LogP contribution in [0.5, 0.6) is 0 Å². The first kappa shape index (κ1) is 12.4. The van der Waals surface area contributed by atoms with Crippen molar-refractivity contribution in [3.05, 3.63) is 39.7 Å². The summed E-state index contributed by atoms with van der Waals surface area (Å²) in [6.45, 7) is 3.41. The third kappa shape index (κ3) is 2.79. The number of carbonyl (C=O) groups is 1. The summed E-state index contributed by atoms with van der Waals surface area (Å²) in [6, 6.07) is 1.51. The number of pyridine rings is 1. The number of halogens is 2. The Hall–Kier alpha value is -1.06. The van der Waals surface area contributed by atoms with Crippen LogP contribution in [0.2, 0.25) is 10.2 Å². The van der Waals surface area contributed by atoms with E-state index in [1.54, 1.807) is 4.90 Å². The average Bonchev–Trinajstić information content (AvgIpc) is 2.32. The third-order valence-electron chi connectivity index (χ3n) is 2.78. The molecule has 1 aliphatic heterocycles. The Morgan fingerprint density at radius 2 is 2.24 bits per heavy atom. The Morgan fingerprint density at radius 3 is 2.88 bits per heavy atom. The van der Waals surface area contributed by atoms with Crippen molar-refractivity contribution < 1.29 is 4.79 Å². The second kappa shape index (κ2) is 5.07. The minimum Gasteiger partial charge on any atom is -0.335 e. The SMILES string of the molecule is CC1=CCN(C(=O)c2cc(Cl)ncc2Cl)CC1. The minimum absolute atomic E-state index is 0.0944. The molecule has 0 atom stereocenters. The maximum Gasteiger partial charge on any atom is 0.255 e. The normalized spacial score (nSPS) is 15.7. The minimum atomic E-state index is -0.0944. The Morgan fingerprint density at radius 1 is 1.47 bits per heavy atom. The molecule has 1 amide bonds. The van der Waals surface area contributed by atoms with E-state index in [0.717, 1.165) is 13.0 Å². The van der Waals surface area contributed by atoms with Crippen LogP contribution in [-0.4, -0.2) is 28.9 Å². The molecule has 90 valence electrons. The molecule has 0 saturated carbocycles. The second-order valence-electron chi connectivity index (χ2n) is 4.04. The Labute approximate surface area is 110 Å². The van der Waals surface area contributed by atoms with Gasteiger partial charge in [-0.3, -0.25) is 4.79 Å². The average molecular weight is 271 g/mol. The standard InChI is InChI=1S/C12H12Cl2N2O/c1-8-2-4-16(5-3-8)12(17)9-6-11(14)15-7-10(9)13/h2,6-7H,3-5H2,1H3. The zero-order valence-corrected chi connectivity index (χ0v) is 10.9. The molecule has 1 aromatic rings. The zero-order valence-electron chi connectivity index (χ0n) is 9.41. The molecule has 5 heteroatoms. The van der Waals surface area contributed by atoms with Gasteiger partial charge in [-0.25, -0.2) is 4.98 Å². The van der Waals surface area contributed by atoms with E-state index in [9.17, 15) is 4.79 Å². The molecule has 2 heterocycles. The van der Waals surface area contributed by atoms with Gasteiger partial charge in [-0.15, -0.1) is 0 Å². The molecule has 3 nitrogen and oxygen atoms in total. The fourth-order valence-corrected chi connectivity index (χ4v) is 2.04. The van der Waals surface area contributed by atoms with Gasteiger partial charge in [0, 0.05) is 19.3 Å². The fraction of sp³-hybridized carbons (Fsp3) is 0.333. The number of nitrogens with zero attached hydrogens (tertiary/aromatic N) is 2. The largest absolute Gasteiger partial charge is 0.335 e.